The fourth-order valence-electron chi connectivity index (χ4n) is 2.53. The highest BCUT2D eigenvalue weighted by Gasteiger charge is 2.19. The van der Waals surface area contributed by atoms with Gasteiger partial charge in [0.15, 0.2) is 0 Å². The molecule has 0 aliphatic heterocycles. The Balaban J connectivity index is 2.09. The Bertz CT molecular complexity index is 862. The smallest absolute Gasteiger partial charge is 0.232 e. The first-order valence-electron chi connectivity index (χ1n) is 8.29. The molecule has 0 bridgehead atoms. The Morgan fingerprint density at radius 1 is 1.00 bits per heavy atom. The summed E-state index contributed by atoms with van der Waals surface area (Å²) >= 11 is 0. The van der Waals surface area contributed by atoms with E-state index < -0.39 is 10.0 Å². The van der Waals surface area contributed by atoms with Crippen LogP contribution in [0.4, 0.5) is 17.1 Å². The van der Waals surface area contributed by atoms with E-state index in [4.69, 9.17) is 0 Å². The van der Waals surface area contributed by atoms with Crippen molar-refractivity contribution in [3.8, 4) is 0 Å². The van der Waals surface area contributed by atoms with Crippen LogP contribution in [0.5, 0.6) is 0 Å². The molecule has 0 saturated carbocycles. The molecule has 0 aliphatic rings. The molecule has 0 radical (unpaired) electrons. The molecule has 0 spiro atoms. The van der Waals surface area contributed by atoms with Crippen LogP contribution in [0.2, 0.25) is 0 Å². The van der Waals surface area contributed by atoms with E-state index in [1.54, 1.807) is 12.1 Å². The van der Waals surface area contributed by atoms with E-state index in [2.05, 4.69) is 5.32 Å². The van der Waals surface area contributed by atoms with Gasteiger partial charge in [0, 0.05) is 38.4 Å². The second-order valence-corrected chi connectivity index (χ2v) is 8.27. The number of anilines is 3. The minimum atomic E-state index is -3.49. The van der Waals surface area contributed by atoms with Crippen molar-refractivity contribution in [3.63, 3.8) is 0 Å². The van der Waals surface area contributed by atoms with Gasteiger partial charge in [-0.05, 0) is 42.8 Å². The van der Waals surface area contributed by atoms with Crippen molar-refractivity contribution >= 4 is 33.0 Å². The van der Waals surface area contributed by atoms with E-state index in [0.717, 1.165) is 23.2 Å². The molecule has 0 unspecified atom stereocenters. The molecule has 0 saturated heterocycles. The first-order valence-corrected chi connectivity index (χ1v) is 10.1. The molecule has 6 nitrogen and oxygen atoms in total. The van der Waals surface area contributed by atoms with Crippen LogP contribution >= 0.6 is 0 Å². The molecule has 7 heteroatoms. The Kier molecular flexibility index (Phi) is 6.26. The number of hydrogen-bond acceptors (Lipinski definition) is 4. The van der Waals surface area contributed by atoms with Gasteiger partial charge in [-0.2, -0.15) is 0 Å². The third kappa shape index (κ3) is 5.23. The second-order valence-electron chi connectivity index (χ2n) is 6.36. The fraction of sp³-hybridized carbons (Fsp3) is 0.316. The number of para-hydroxylation sites is 1. The van der Waals surface area contributed by atoms with Gasteiger partial charge >= 0.3 is 0 Å². The maximum Gasteiger partial charge on any atom is 0.232 e. The number of hydrogen-bond donors (Lipinski definition) is 1. The summed E-state index contributed by atoms with van der Waals surface area (Å²) in [5.41, 5.74) is 3.21. The molecule has 2 rings (SSSR count). The Morgan fingerprint density at radius 2 is 1.58 bits per heavy atom. The van der Waals surface area contributed by atoms with Crippen LogP contribution in [0, 0.1) is 6.92 Å². The third-order valence-corrected chi connectivity index (χ3v) is 5.21. The zero-order chi connectivity index (χ0) is 19.3. The van der Waals surface area contributed by atoms with Gasteiger partial charge in [-0.25, -0.2) is 8.42 Å². The van der Waals surface area contributed by atoms with Crippen molar-refractivity contribution in [2.45, 2.75) is 13.3 Å². The van der Waals surface area contributed by atoms with Crippen molar-refractivity contribution in [3.05, 3.63) is 54.1 Å². The summed E-state index contributed by atoms with van der Waals surface area (Å²) in [6.07, 6.45) is 1.21. The lowest BCUT2D eigenvalue weighted by Gasteiger charge is -2.23. The monoisotopic (exact) mass is 375 g/mol. The maximum atomic E-state index is 12.2. The zero-order valence-corrected chi connectivity index (χ0v) is 16.4. The van der Waals surface area contributed by atoms with Gasteiger partial charge in [0.1, 0.15) is 0 Å². The third-order valence-electron chi connectivity index (χ3n) is 4.02. The number of amides is 1. The first kappa shape index (κ1) is 19.8. The molecule has 26 heavy (non-hydrogen) atoms. The van der Waals surface area contributed by atoms with Crippen molar-refractivity contribution in [2.75, 3.05) is 41.4 Å². The highest BCUT2D eigenvalue weighted by atomic mass is 32.2. The summed E-state index contributed by atoms with van der Waals surface area (Å²) in [7, 11) is 0.344. The number of carbonyl (C=O) groups is 1. The van der Waals surface area contributed by atoms with Crippen LogP contribution in [0.1, 0.15) is 12.0 Å². The van der Waals surface area contributed by atoms with Crippen LogP contribution in [-0.2, 0) is 14.8 Å². The number of nitrogens with zero attached hydrogens (tertiary/aromatic N) is 2. The average Bonchev–Trinajstić information content (AvgIpc) is 2.56. The average molecular weight is 375 g/mol. The number of sulfonamides is 1. The molecule has 0 aromatic heterocycles. The summed E-state index contributed by atoms with van der Waals surface area (Å²) in [4.78, 5) is 14.2. The summed E-state index contributed by atoms with van der Waals surface area (Å²) < 4.78 is 25.6. The largest absolute Gasteiger partial charge is 0.378 e. The van der Waals surface area contributed by atoms with Crippen molar-refractivity contribution < 1.29 is 13.2 Å². The Morgan fingerprint density at radius 3 is 2.12 bits per heavy atom. The van der Waals surface area contributed by atoms with Gasteiger partial charge in [-0.3, -0.25) is 9.10 Å². The van der Waals surface area contributed by atoms with Crippen LogP contribution in [0.25, 0.3) is 0 Å². The molecule has 0 atom stereocenters. The zero-order valence-electron chi connectivity index (χ0n) is 15.6. The number of carbonyl (C=O) groups excluding carboxylic acids is 1. The number of nitrogens with one attached hydrogen (secondary N) is 1. The van der Waals surface area contributed by atoms with Gasteiger partial charge < -0.3 is 10.2 Å². The van der Waals surface area contributed by atoms with E-state index >= 15 is 0 Å². The van der Waals surface area contributed by atoms with E-state index in [-0.39, 0.29) is 18.9 Å². The maximum absolute atomic E-state index is 12.2. The van der Waals surface area contributed by atoms with E-state index in [1.807, 2.05) is 62.3 Å². The Hall–Kier alpha value is -2.54. The SMILES string of the molecule is Cc1ccccc1NC(=O)CCN(c1ccc(N(C)C)cc1)S(C)(=O)=O. The summed E-state index contributed by atoms with van der Waals surface area (Å²) in [5, 5.41) is 2.83. The highest BCUT2D eigenvalue weighted by Crippen LogP contribution is 2.22. The fourth-order valence-corrected chi connectivity index (χ4v) is 3.46. The van der Waals surface area contributed by atoms with Crippen LogP contribution in [0.15, 0.2) is 48.5 Å². The Labute approximate surface area is 155 Å². The summed E-state index contributed by atoms with van der Waals surface area (Å²) in [5.74, 6) is -0.224. The lowest BCUT2D eigenvalue weighted by Crippen LogP contribution is -2.33. The molecular weight excluding hydrogens is 350 g/mol. The lowest BCUT2D eigenvalue weighted by atomic mass is 10.2. The number of rotatable bonds is 7. The molecule has 2 aromatic rings. The molecule has 0 heterocycles. The summed E-state index contributed by atoms with van der Waals surface area (Å²) in [6.45, 7) is 1.99. The lowest BCUT2D eigenvalue weighted by molar-refractivity contribution is -0.116. The van der Waals surface area contributed by atoms with Gasteiger partial charge in [-0.15, -0.1) is 0 Å². The van der Waals surface area contributed by atoms with Crippen LogP contribution < -0.4 is 14.5 Å². The molecule has 140 valence electrons. The number of aryl methyl sites for hydroxylation is 1. The first-order chi connectivity index (χ1) is 12.2. The predicted octanol–water partition coefficient (Wildman–Crippen LogP) is 2.86. The molecule has 2 aromatic carbocycles. The van der Waals surface area contributed by atoms with Crippen LogP contribution in [-0.4, -0.2) is 41.2 Å². The molecule has 0 aliphatic carbocycles. The molecule has 1 N–H and O–H groups in total. The molecule has 0 fully saturated rings. The highest BCUT2D eigenvalue weighted by molar-refractivity contribution is 7.92. The predicted molar refractivity (Wildman–Crippen MR) is 107 cm³/mol. The standard InChI is InChI=1S/C19H25N3O3S/c1-15-7-5-6-8-18(15)20-19(23)13-14-22(26(4,24)25)17-11-9-16(10-12-17)21(2)3/h5-12H,13-14H2,1-4H3,(H,20,23). The normalized spacial score (nSPS) is 11.1. The van der Waals surface area contributed by atoms with E-state index in [9.17, 15) is 13.2 Å². The quantitative estimate of drug-likeness (QED) is 0.808. The number of benzene rings is 2. The van der Waals surface area contributed by atoms with Gasteiger partial charge in [0.25, 0.3) is 0 Å². The van der Waals surface area contributed by atoms with Crippen molar-refractivity contribution in [1.29, 1.82) is 0 Å². The van der Waals surface area contributed by atoms with Crippen molar-refractivity contribution in [2.24, 2.45) is 0 Å². The van der Waals surface area contributed by atoms with Gasteiger partial charge in [0.05, 0.1) is 11.9 Å². The topological polar surface area (TPSA) is 69.7 Å². The van der Waals surface area contributed by atoms with Gasteiger partial charge in [0.2, 0.25) is 15.9 Å². The minimum absolute atomic E-state index is 0.0663. The minimum Gasteiger partial charge on any atom is -0.378 e. The van der Waals surface area contributed by atoms with E-state index in [1.165, 1.54) is 4.31 Å². The van der Waals surface area contributed by atoms with Gasteiger partial charge in [-0.1, -0.05) is 18.2 Å². The second kappa shape index (κ2) is 8.23. The van der Waals surface area contributed by atoms with Crippen molar-refractivity contribution in [1.82, 2.24) is 0 Å². The van der Waals surface area contributed by atoms with E-state index in [0.29, 0.717) is 5.69 Å². The van der Waals surface area contributed by atoms with Crippen LogP contribution in [0.3, 0.4) is 0 Å². The molecule has 1 amide bonds. The summed E-state index contributed by atoms with van der Waals surface area (Å²) in [6, 6.07) is 14.7. The molecular formula is C19H25N3O3S.